The van der Waals surface area contributed by atoms with Crippen molar-refractivity contribution in [2.45, 2.75) is 24.2 Å². The number of hydrogen-bond donors (Lipinski definition) is 4. The monoisotopic (exact) mass is 182 g/mol. The highest BCUT2D eigenvalue weighted by Gasteiger charge is 2.12. The molecule has 0 spiro atoms. The van der Waals surface area contributed by atoms with Gasteiger partial charge in [0.15, 0.2) is 0 Å². The van der Waals surface area contributed by atoms with Gasteiger partial charge >= 0.3 is 0 Å². The van der Waals surface area contributed by atoms with Crippen molar-refractivity contribution in [3.05, 3.63) is 0 Å². The van der Waals surface area contributed by atoms with Crippen LogP contribution in [0.25, 0.3) is 0 Å². The molecule has 0 saturated carbocycles. The van der Waals surface area contributed by atoms with Crippen molar-refractivity contribution in [1.82, 2.24) is 0 Å². The zero-order valence-corrected chi connectivity index (χ0v) is 7.56. The van der Waals surface area contributed by atoms with E-state index in [4.69, 9.17) is 10.2 Å². The van der Waals surface area contributed by atoms with Crippen molar-refractivity contribution < 1.29 is 10.2 Å². The van der Waals surface area contributed by atoms with Gasteiger partial charge in [0.2, 0.25) is 0 Å². The minimum atomic E-state index is -0.691. The number of rotatable bonds is 5. The van der Waals surface area contributed by atoms with Gasteiger partial charge in [-0.3, -0.25) is 0 Å². The van der Waals surface area contributed by atoms with E-state index >= 15 is 0 Å². The Balaban J connectivity index is 3.31. The maximum absolute atomic E-state index is 9.00. The number of aliphatic hydroxyl groups is 2. The van der Waals surface area contributed by atoms with Gasteiger partial charge in [-0.25, -0.2) is 0 Å². The van der Waals surface area contributed by atoms with E-state index in [9.17, 15) is 0 Å². The molecule has 0 fully saturated rings. The lowest BCUT2D eigenvalue weighted by atomic mass is 10.1. The Bertz CT molecular complexity index is 80.1. The maximum atomic E-state index is 9.00. The molecule has 0 aliphatic carbocycles. The molecule has 2 N–H and O–H groups in total. The summed E-state index contributed by atoms with van der Waals surface area (Å²) < 4.78 is 0. The Kier molecular flexibility index (Phi) is 6.73. The fourth-order valence-corrected chi connectivity index (χ4v) is 1.07. The predicted octanol–water partition coefficient (Wildman–Crippen LogP) is 0.348. The first-order valence-electron chi connectivity index (χ1n) is 3.30. The Morgan fingerprint density at radius 2 is 2.00 bits per heavy atom. The molecule has 2 nitrogen and oxygen atoms in total. The molecule has 0 amide bonds. The zero-order valence-electron chi connectivity index (χ0n) is 5.77. The summed E-state index contributed by atoms with van der Waals surface area (Å²) in [6.45, 7) is -0.208. The molecule has 0 aliphatic rings. The molecule has 0 aromatic rings. The molecule has 0 rings (SSSR count). The Morgan fingerprint density at radius 1 is 1.40 bits per heavy atom. The van der Waals surface area contributed by atoms with Crippen LogP contribution in [0.5, 0.6) is 0 Å². The molecule has 0 aliphatic heterocycles. The Labute approximate surface area is 72.5 Å². The van der Waals surface area contributed by atoms with Crippen molar-refractivity contribution in [3.8, 4) is 0 Å². The number of aliphatic hydroxyl groups excluding tert-OH is 2. The smallest absolute Gasteiger partial charge is 0.0886 e. The fraction of sp³-hybridized carbons (Fsp3) is 1.00. The summed E-state index contributed by atoms with van der Waals surface area (Å²) >= 11 is 8.11. The highest BCUT2D eigenvalue weighted by atomic mass is 32.1. The lowest BCUT2D eigenvalue weighted by Gasteiger charge is -2.14. The maximum Gasteiger partial charge on any atom is 0.0886 e. The summed E-state index contributed by atoms with van der Waals surface area (Å²) in [5, 5.41) is 17.4. The normalized spacial score (nSPS) is 16.8. The molecule has 10 heavy (non-hydrogen) atoms. The highest BCUT2D eigenvalue weighted by molar-refractivity contribution is 7.81. The average molecular weight is 182 g/mol. The minimum absolute atomic E-state index is 0.114. The standard InChI is InChI=1S/C6H14O2S2/c7-4-5(8)6(10)2-1-3-9/h5-10H,1-4H2. The van der Waals surface area contributed by atoms with E-state index in [0.29, 0.717) is 0 Å². The molecular weight excluding hydrogens is 168 g/mol. The third-order valence-corrected chi connectivity index (χ3v) is 2.21. The summed E-state index contributed by atoms with van der Waals surface area (Å²) in [5.41, 5.74) is 0. The van der Waals surface area contributed by atoms with Crippen LogP contribution in [0.2, 0.25) is 0 Å². The Hall–Kier alpha value is 0.620. The molecule has 0 aromatic carbocycles. The number of thiol groups is 2. The summed E-state index contributed by atoms with van der Waals surface area (Å²) in [4.78, 5) is 0. The van der Waals surface area contributed by atoms with Crippen molar-refractivity contribution in [2.24, 2.45) is 0 Å². The van der Waals surface area contributed by atoms with E-state index in [1.54, 1.807) is 0 Å². The SMILES string of the molecule is OCC(O)C(S)CCCS. The highest BCUT2D eigenvalue weighted by Crippen LogP contribution is 2.09. The summed E-state index contributed by atoms with van der Waals surface area (Å²) in [5.74, 6) is 0.801. The largest absolute Gasteiger partial charge is 0.394 e. The molecule has 0 radical (unpaired) electrons. The topological polar surface area (TPSA) is 40.5 Å². The second kappa shape index (κ2) is 6.34. The third kappa shape index (κ3) is 4.44. The van der Waals surface area contributed by atoms with Crippen LogP contribution in [0.1, 0.15) is 12.8 Å². The van der Waals surface area contributed by atoms with E-state index in [-0.39, 0.29) is 11.9 Å². The van der Waals surface area contributed by atoms with Crippen LogP contribution in [0.15, 0.2) is 0 Å². The van der Waals surface area contributed by atoms with Crippen LogP contribution in [0.3, 0.4) is 0 Å². The molecule has 4 heteroatoms. The van der Waals surface area contributed by atoms with Gasteiger partial charge in [0.05, 0.1) is 12.7 Å². The molecule has 0 saturated heterocycles. The molecule has 2 atom stereocenters. The van der Waals surface area contributed by atoms with E-state index in [1.807, 2.05) is 0 Å². The van der Waals surface area contributed by atoms with Gasteiger partial charge in [-0.2, -0.15) is 25.3 Å². The van der Waals surface area contributed by atoms with Crippen LogP contribution < -0.4 is 0 Å². The van der Waals surface area contributed by atoms with Crippen molar-refractivity contribution >= 4 is 25.3 Å². The lowest BCUT2D eigenvalue weighted by molar-refractivity contribution is 0.0917. The first-order chi connectivity index (χ1) is 4.72. The molecule has 0 bridgehead atoms. The molecular formula is C6H14O2S2. The average Bonchev–Trinajstić information content (AvgIpc) is 1.98. The molecule has 62 valence electrons. The van der Waals surface area contributed by atoms with E-state index in [2.05, 4.69) is 25.3 Å². The van der Waals surface area contributed by atoms with Crippen molar-refractivity contribution in [3.63, 3.8) is 0 Å². The van der Waals surface area contributed by atoms with Gasteiger partial charge < -0.3 is 10.2 Å². The van der Waals surface area contributed by atoms with Gasteiger partial charge in [-0.05, 0) is 18.6 Å². The minimum Gasteiger partial charge on any atom is -0.394 e. The summed E-state index contributed by atoms with van der Waals surface area (Å²) in [6.07, 6.45) is 1.03. The molecule has 0 aromatic heterocycles. The van der Waals surface area contributed by atoms with Crippen LogP contribution in [-0.2, 0) is 0 Å². The van der Waals surface area contributed by atoms with E-state index < -0.39 is 6.10 Å². The van der Waals surface area contributed by atoms with Gasteiger partial charge in [0, 0.05) is 5.25 Å². The first-order valence-corrected chi connectivity index (χ1v) is 4.45. The predicted molar refractivity (Wildman–Crippen MR) is 49.0 cm³/mol. The second-order valence-corrected chi connectivity index (χ2v) is 3.29. The van der Waals surface area contributed by atoms with E-state index in [1.165, 1.54) is 0 Å². The van der Waals surface area contributed by atoms with Crippen LogP contribution in [-0.4, -0.2) is 33.9 Å². The van der Waals surface area contributed by atoms with Gasteiger partial charge in [-0.1, -0.05) is 0 Å². The molecule has 2 unspecified atom stereocenters. The van der Waals surface area contributed by atoms with Crippen molar-refractivity contribution in [1.29, 1.82) is 0 Å². The lowest BCUT2D eigenvalue weighted by Crippen LogP contribution is -2.24. The second-order valence-electron chi connectivity index (χ2n) is 2.18. The van der Waals surface area contributed by atoms with Gasteiger partial charge in [0.25, 0.3) is 0 Å². The Morgan fingerprint density at radius 3 is 2.40 bits per heavy atom. The quantitative estimate of drug-likeness (QED) is 0.463. The van der Waals surface area contributed by atoms with Crippen LogP contribution in [0, 0.1) is 0 Å². The van der Waals surface area contributed by atoms with Crippen LogP contribution in [0.4, 0.5) is 0 Å². The third-order valence-electron chi connectivity index (χ3n) is 1.29. The van der Waals surface area contributed by atoms with Gasteiger partial charge in [0.1, 0.15) is 0 Å². The summed E-state index contributed by atoms with van der Waals surface area (Å²) in [7, 11) is 0. The van der Waals surface area contributed by atoms with Crippen LogP contribution >= 0.6 is 25.3 Å². The number of hydrogen-bond acceptors (Lipinski definition) is 4. The summed E-state index contributed by atoms with van der Waals surface area (Å²) in [6, 6.07) is 0. The zero-order chi connectivity index (χ0) is 7.98. The molecule has 0 heterocycles. The van der Waals surface area contributed by atoms with Crippen molar-refractivity contribution in [2.75, 3.05) is 12.4 Å². The van der Waals surface area contributed by atoms with E-state index in [0.717, 1.165) is 18.6 Å². The van der Waals surface area contributed by atoms with Gasteiger partial charge in [-0.15, -0.1) is 0 Å². The first kappa shape index (κ1) is 10.6. The fourth-order valence-electron chi connectivity index (χ4n) is 0.614.